The van der Waals surface area contributed by atoms with Crippen molar-refractivity contribution in [2.24, 2.45) is 10.7 Å². The van der Waals surface area contributed by atoms with Crippen molar-refractivity contribution < 1.29 is 9.13 Å². The number of aliphatic imine (C=N–C) groups is 1. The normalized spacial score (nSPS) is 24.7. The van der Waals surface area contributed by atoms with Crippen LogP contribution in [-0.4, -0.2) is 36.7 Å². The quantitative estimate of drug-likeness (QED) is 0.829. The zero-order valence-electron chi connectivity index (χ0n) is 17.1. The van der Waals surface area contributed by atoms with Crippen molar-refractivity contribution in [3.05, 3.63) is 64.5 Å². The van der Waals surface area contributed by atoms with E-state index in [1.165, 1.54) is 23.3 Å². The van der Waals surface area contributed by atoms with E-state index in [1.54, 1.807) is 13.2 Å². The highest BCUT2D eigenvalue weighted by atomic mass is 19.1. The molecule has 152 valence electrons. The number of nitrogens with zero attached hydrogens (tertiary/aromatic N) is 3. The number of rotatable bonds is 2. The molecule has 5 rings (SSSR count). The number of nitriles is 1. The van der Waals surface area contributed by atoms with E-state index in [-0.39, 0.29) is 11.6 Å². The zero-order valence-corrected chi connectivity index (χ0v) is 17.1. The molecule has 0 saturated heterocycles. The van der Waals surface area contributed by atoms with Crippen LogP contribution in [0.5, 0.6) is 0 Å². The monoisotopic (exact) mass is 402 g/mol. The number of ether oxygens (including phenoxy) is 1. The van der Waals surface area contributed by atoms with Crippen molar-refractivity contribution in [1.29, 1.82) is 5.26 Å². The molecule has 1 saturated carbocycles. The number of halogens is 1. The predicted molar refractivity (Wildman–Crippen MR) is 114 cm³/mol. The molecule has 2 aliphatic carbocycles. The molecule has 1 aliphatic heterocycles. The van der Waals surface area contributed by atoms with Crippen molar-refractivity contribution in [2.45, 2.75) is 37.3 Å². The highest BCUT2D eigenvalue weighted by Crippen LogP contribution is 2.51. The maximum Gasteiger partial charge on any atom is 0.196 e. The van der Waals surface area contributed by atoms with Gasteiger partial charge in [0.1, 0.15) is 5.82 Å². The van der Waals surface area contributed by atoms with Gasteiger partial charge in [0.2, 0.25) is 0 Å². The van der Waals surface area contributed by atoms with Crippen LogP contribution in [0, 0.1) is 17.1 Å². The number of guanidine groups is 1. The third-order valence-corrected chi connectivity index (χ3v) is 6.71. The van der Waals surface area contributed by atoms with Crippen LogP contribution < -0.4 is 5.73 Å². The average Bonchev–Trinajstić information content (AvgIpc) is 2.75. The van der Waals surface area contributed by atoms with Gasteiger partial charge in [-0.25, -0.2) is 9.38 Å². The van der Waals surface area contributed by atoms with Gasteiger partial charge >= 0.3 is 0 Å². The van der Waals surface area contributed by atoms with Gasteiger partial charge in [-0.2, -0.15) is 5.26 Å². The lowest BCUT2D eigenvalue weighted by Gasteiger charge is -2.49. The van der Waals surface area contributed by atoms with Gasteiger partial charge in [0.25, 0.3) is 0 Å². The molecule has 2 N–H and O–H groups in total. The van der Waals surface area contributed by atoms with Gasteiger partial charge in [-0.15, -0.1) is 0 Å². The Balaban J connectivity index is 1.69. The molecule has 0 amide bonds. The number of hydrogen-bond donors (Lipinski definition) is 1. The van der Waals surface area contributed by atoms with Crippen molar-refractivity contribution in [3.63, 3.8) is 0 Å². The van der Waals surface area contributed by atoms with Gasteiger partial charge in [-0.1, -0.05) is 12.1 Å². The van der Waals surface area contributed by atoms with E-state index in [2.05, 4.69) is 12.1 Å². The molecule has 2 atom stereocenters. The molecule has 2 aromatic carbocycles. The number of methoxy groups -OCH3 is 1. The molecule has 30 heavy (non-hydrogen) atoms. The Morgan fingerprint density at radius 1 is 1.27 bits per heavy atom. The first-order valence-corrected chi connectivity index (χ1v) is 10.1. The van der Waals surface area contributed by atoms with Crippen LogP contribution in [0.2, 0.25) is 0 Å². The predicted octanol–water partition coefficient (Wildman–Crippen LogP) is 3.83. The second kappa shape index (κ2) is 6.68. The van der Waals surface area contributed by atoms with Crippen LogP contribution in [0.3, 0.4) is 0 Å². The Kier molecular flexibility index (Phi) is 4.19. The zero-order chi connectivity index (χ0) is 21.0. The fourth-order valence-corrected chi connectivity index (χ4v) is 5.17. The lowest BCUT2D eigenvalue weighted by molar-refractivity contribution is 0.0706. The van der Waals surface area contributed by atoms with Crippen LogP contribution in [0.25, 0.3) is 16.8 Å². The second-order valence-electron chi connectivity index (χ2n) is 8.38. The highest BCUT2D eigenvalue weighted by Gasteiger charge is 2.48. The molecule has 3 aliphatic rings. The van der Waals surface area contributed by atoms with Crippen molar-refractivity contribution in [1.82, 2.24) is 4.90 Å². The maximum atomic E-state index is 14.0. The molecule has 2 aromatic rings. The van der Waals surface area contributed by atoms with Gasteiger partial charge in [0.15, 0.2) is 5.96 Å². The summed E-state index contributed by atoms with van der Waals surface area (Å²) in [7, 11) is 3.70. The fourth-order valence-electron chi connectivity index (χ4n) is 5.17. The van der Waals surface area contributed by atoms with E-state index in [1.807, 2.05) is 24.1 Å². The number of fused-ring (bicyclic) bond motifs is 2. The highest BCUT2D eigenvalue weighted by molar-refractivity contribution is 5.94. The van der Waals surface area contributed by atoms with Crippen LogP contribution in [0.15, 0.2) is 47.0 Å². The molecule has 1 fully saturated rings. The smallest absolute Gasteiger partial charge is 0.196 e. The minimum absolute atomic E-state index is 0.178. The first-order valence-electron chi connectivity index (χ1n) is 10.1. The number of benzene rings is 2. The molecule has 2 bridgehead atoms. The van der Waals surface area contributed by atoms with E-state index in [4.69, 9.17) is 15.5 Å². The lowest BCUT2D eigenvalue weighted by atomic mass is 9.66. The molecular formula is C24H23FN4O. The molecular weight excluding hydrogens is 379 g/mol. The van der Waals surface area contributed by atoms with Gasteiger partial charge in [0, 0.05) is 26.1 Å². The lowest BCUT2D eigenvalue weighted by Crippen LogP contribution is -2.51. The van der Waals surface area contributed by atoms with E-state index >= 15 is 0 Å². The van der Waals surface area contributed by atoms with E-state index in [0.29, 0.717) is 17.1 Å². The summed E-state index contributed by atoms with van der Waals surface area (Å²) in [6, 6.07) is 12.7. The fraction of sp³-hybridized carbons (Fsp3) is 0.333. The number of hydrogen-bond acceptors (Lipinski definition) is 5. The third-order valence-electron chi connectivity index (χ3n) is 6.71. The minimum atomic E-state index is -0.413. The van der Waals surface area contributed by atoms with Gasteiger partial charge in [-0.05, 0) is 65.8 Å². The average molecular weight is 402 g/mol. The molecule has 0 aromatic heterocycles. The Bertz CT molecular complexity index is 1160. The summed E-state index contributed by atoms with van der Waals surface area (Å²) in [6.07, 6.45) is 3.68. The van der Waals surface area contributed by atoms with Crippen LogP contribution in [-0.2, 0) is 11.2 Å². The maximum absolute atomic E-state index is 14.0. The van der Waals surface area contributed by atoms with Gasteiger partial charge in [-0.3, -0.25) is 0 Å². The SMILES string of the molecule is COC1CCC23Cc4ccc(-c5cc(F)cc(C#N)c5)cc4C(=C2C1)N(C)C(N)=N3. The first-order chi connectivity index (χ1) is 14.4. The molecule has 2 unspecified atom stereocenters. The van der Waals surface area contributed by atoms with Crippen molar-refractivity contribution in [3.8, 4) is 17.2 Å². The standard InChI is InChI=1S/C24H23FN4O/c1-29-22-20-10-15(17-7-14(13-26)8-18(25)9-17)3-4-16(20)12-24(28-23(29)27)6-5-19(30-2)11-21(22)24/h3-4,7-10,19H,5-6,11-12H2,1-2H3,(H2,27,28). The molecule has 6 heteroatoms. The summed E-state index contributed by atoms with van der Waals surface area (Å²) in [5, 5.41) is 9.21. The molecule has 0 radical (unpaired) electrons. The van der Waals surface area contributed by atoms with Crippen LogP contribution >= 0.6 is 0 Å². The molecule has 5 nitrogen and oxygen atoms in total. The largest absolute Gasteiger partial charge is 0.381 e. The summed E-state index contributed by atoms with van der Waals surface area (Å²) in [5.74, 6) is 0.113. The topological polar surface area (TPSA) is 74.6 Å². The summed E-state index contributed by atoms with van der Waals surface area (Å²) < 4.78 is 19.7. The van der Waals surface area contributed by atoms with Gasteiger partial charge < -0.3 is 15.4 Å². The first kappa shape index (κ1) is 18.8. The van der Waals surface area contributed by atoms with Gasteiger partial charge in [0.05, 0.1) is 29.0 Å². The summed E-state index contributed by atoms with van der Waals surface area (Å²) in [6.45, 7) is 0. The van der Waals surface area contributed by atoms with Crippen LogP contribution in [0.1, 0.15) is 36.0 Å². The minimum Gasteiger partial charge on any atom is -0.381 e. The number of nitrogens with two attached hydrogens (primary N) is 1. The Morgan fingerprint density at radius 2 is 2.10 bits per heavy atom. The Labute approximate surface area is 175 Å². The molecule has 1 heterocycles. The Hall–Kier alpha value is -3.17. The van der Waals surface area contributed by atoms with E-state index in [0.717, 1.165) is 42.5 Å². The van der Waals surface area contributed by atoms with Crippen molar-refractivity contribution in [2.75, 3.05) is 14.2 Å². The van der Waals surface area contributed by atoms with Crippen molar-refractivity contribution >= 4 is 11.7 Å². The summed E-state index contributed by atoms with van der Waals surface area (Å²) in [5.41, 5.74) is 12.6. The second-order valence-corrected chi connectivity index (χ2v) is 8.38. The Morgan fingerprint density at radius 3 is 2.87 bits per heavy atom. The van der Waals surface area contributed by atoms with E-state index < -0.39 is 5.82 Å². The molecule has 0 spiro atoms. The van der Waals surface area contributed by atoms with E-state index in [9.17, 15) is 9.65 Å². The third kappa shape index (κ3) is 2.73. The summed E-state index contributed by atoms with van der Waals surface area (Å²) >= 11 is 0. The van der Waals surface area contributed by atoms with Crippen LogP contribution in [0.4, 0.5) is 4.39 Å². The summed E-state index contributed by atoms with van der Waals surface area (Å²) in [4.78, 5) is 6.90.